The summed E-state index contributed by atoms with van der Waals surface area (Å²) < 4.78 is 1.00. The second kappa shape index (κ2) is 8.06. The average Bonchev–Trinajstić information content (AvgIpc) is 0.722. The zero-order chi connectivity index (χ0) is 4.50. The van der Waals surface area contributed by atoms with Crippen molar-refractivity contribution < 1.29 is 46.4 Å². The number of hydrogen-bond donors (Lipinski definition) is 0. The number of rotatable bonds is 0. The molecule has 0 atom stereocenters. The molecule has 0 amide bonds. The van der Waals surface area contributed by atoms with Crippen LogP contribution in [-0.4, -0.2) is 32.7 Å². The largest absolute Gasteiger partial charge is 1.00 e. The minimum Gasteiger partial charge on any atom is -1.00 e. The molecule has 0 bridgehead atoms. The van der Waals surface area contributed by atoms with Crippen LogP contribution < -0.4 is 24.8 Å². The quantitative estimate of drug-likeness (QED) is 0.270. The zero-order valence-corrected chi connectivity index (χ0v) is 8.17. The molecule has 0 heterocycles. The first-order valence-corrected chi connectivity index (χ1v) is 1.79. The van der Waals surface area contributed by atoms with Gasteiger partial charge in [-0.1, -0.05) is 0 Å². The van der Waals surface area contributed by atoms with E-state index in [4.69, 9.17) is 0 Å². The number of hydrogen-bond acceptors (Lipinski definition) is 0. The van der Waals surface area contributed by atoms with Crippen LogP contribution in [0.3, 0.4) is 0 Å². The first-order chi connectivity index (χ1) is 2.00. The fraction of sp³-hybridized carbons (Fsp3) is 1.00. The van der Waals surface area contributed by atoms with Crippen molar-refractivity contribution in [3.63, 3.8) is 0 Å². The fourth-order valence-corrected chi connectivity index (χ4v) is 0. The van der Waals surface area contributed by atoms with Crippen LogP contribution in [0.5, 0.6) is 0 Å². The van der Waals surface area contributed by atoms with E-state index in [0.717, 1.165) is 4.48 Å². The van der Waals surface area contributed by atoms with Crippen LogP contribution in [0.15, 0.2) is 0 Å². The molecule has 0 rings (SSSR count). The van der Waals surface area contributed by atoms with Gasteiger partial charge in [-0.15, -0.1) is 0 Å². The van der Waals surface area contributed by atoms with Crippen LogP contribution in [0.1, 0.15) is 0 Å². The normalized spacial score (nSPS) is 7.50. The van der Waals surface area contributed by atoms with Gasteiger partial charge in [0.2, 0.25) is 0 Å². The van der Waals surface area contributed by atoms with Gasteiger partial charge in [0.25, 0.3) is 0 Å². The summed E-state index contributed by atoms with van der Waals surface area (Å²) in [6.07, 6.45) is 0. The first-order valence-electron chi connectivity index (χ1n) is 1.79. The molecule has 1 radical (unpaired) electrons. The van der Waals surface area contributed by atoms with Crippen LogP contribution in [0.2, 0.25) is 0 Å². The molecule has 0 aliphatic heterocycles. The number of halogens is 2. The molecule has 0 aliphatic carbocycles. The summed E-state index contributed by atoms with van der Waals surface area (Å²) in [4.78, 5) is 0. The van der Waals surface area contributed by atoms with Gasteiger partial charge in [-0.2, -0.15) is 0 Å². The molecule has 0 unspecified atom stereocenters. The molecular formula is C4H12Cl2FeN. The summed E-state index contributed by atoms with van der Waals surface area (Å²) in [5.41, 5.74) is 0. The molecular weight excluding hydrogens is 189 g/mol. The van der Waals surface area contributed by atoms with E-state index in [1.807, 2.05) is 0 Å². The number of nitrogens with zero attached hydrogens (tertiary/aromatic N) is 1. The molecule has 0 fully saturated rings. The van der Waals surface area contributed by atoms with Crippen LogP contribution in [0.25, 0.3) is 0 Å². The minimum absolute atomic E-state index is 0. The molecule has 4 heteroatoms. The van der Waals surface area contributed by atoms with Crippen molar-refractivity contribution in [2.24, 2.45) is 0 Å². The van der Waals surface area contributed by atoms with Crippen molar-refractivity contribution in [3.05, 3.63) is 0 Å². The van der Waals surface area contributed by atoms with Crippen LogP contribution in [-0.2, 0) is 17.1 Å². The topological polar surface area (TPSA) is 0 Å². The Morgan fingerprint density at radius 2 is 0.750 bits per heavy atom. The maximum absolute atomic E-state index is 2.12. The van der Waals surface area contributed by atoms with E-state index in [2.05, 4.69) is 28.2 Å². The predicted molar refractivity (Wildman–Crippen MR) is 24.0 cm³/mol. The molecule has 0 aromatic rings. The van der Waals surface area contributed by atoms with Crippen molar-refractivity contribution >= 4 is 0 Å². The molecule has 0 saturated heterocycles. The zero-order valence-electron chi connectivity index (χ0n) is 5.56. The van der Waals surface area contributed by atoms with E-state index in [-0.39, 0.29) is 41.9 Å². The molecule has 0 saturated carbocycles. The van der Waals surface area contributed by atoms with E-state index in [1.54, 1.807) is 0 Å². The van der Waals surface area contributed by atoms with Gasteiger partial charge in [0.1, 0.15) is 0 Å². The third-order valence-corrected chi connectivity index (χ3v) is 0. The van der Waals surface area contributed by atoms with Crippen LogP contribution >= 0.6 is 0 Å². The predicted octanol–water partition coefficient (Wildman–Crippen LogP) is -5.67. The van der Waals surface area contributed by atoms with Gasteiger partial charge in [-0.25, -0.2) is 0 Å². The second-order valence-corrected chi connectivity index (χ2v) is 2.68. The average molecular weight is 201 g/mol. The summed E-state index contributed by atoms with van der Waals surface area (Å²) in [6.45, 7) is 0. The smallest absolute Gasteiger partial charge is 1.00 e. The summed E-state index contributed by atoms with van der Waals surface area (Å²) in [5.74, 6) is 0. The SMILES string of the molecule is C[N+](C)(C)C.[Cl-].[Cl-].[Fe+]. The van der Waals surface area contributed by atoms with Crippen molar-refractivity contribution in [3.8, 4) is 0 Å². The molecule has 0 aromatic heterocycles. The van der Waals surface area contributed by atoms with Crippen molar-refractivity contribution in [1.82, 2.24) is 0 Å². The summed E-state index contributed by atoms with van der Waals surface area (Å²) >= 11 is 0. The Bertz CT molecular complexity index is 29.5. The van der Waals surface area contributed by atoms with Gasteiger partial charge in [-0.3, -0.25) is 0 Å². The minimum atomic E-state index is 0. The molecule has 0 aliphatic rings. The van der Waals surface area contributed by atoms with Crippen molar-refractivity contribution in [1.29, 1.82) is 0 Å². The van der Waals surface area contributed by atoms with Gasteiger partial charge in [0.15, 0.2) is 0 Å². The van der Waals surface area contributed by atoms with Crippen molar-refractivity contribution in [2.45, 2.75) is 0 Å². The molecule has 8 heavy (non-hydrogen) atoms. The fourth-order valence-electron chi connectivity index (χ4n) is 0. The third kappa shape index (κ3) is 231. The van der Waals surface area contributed by atoms with E-state index in [0.29, 0.717) is 0 Å². The Morgan fingerprint density at radius 1 is 0.750 bits per heavy atom. The monoisotopic (exact) mass is 200 g/mol. The molecule has 0 spiro atoms. The summed E-state index contributed by atoms with van der Waals surface area (Å²) in [5, 5.41) is 0. The van der Waals surface area contributed by atoms with Gasteiger partial charge >= 0.3 is 17.1 Å². The van der Waals surface area contributed by atoms with Crippen LogP contribution in [0, 0.1) is 0 Å². The van der Waals surface area contributed by atoms with E-state index < -0.39 is 0 Å². The van der Waals surface area contributed by atoms with Gasteiger partial charge < -0.3 is 29.3 Å². The Balaban J connectivity index is -0.0000000267. The number of quaternary nitrogens is 1. The molecule has 1 nitrogen and oxygen atoms in total. The second-order valence-electron chi connectivity index (χ2n) is 2.68. The molecule has 0 N–H and O–H groups in total. The third-order valence-electron chi connectivity index (χ3n) is 0. The molecule has 55 valence electrons. The molecule has 0 aromatic carbocycles. The Labute approximate surface area is 74.7 Å². The van der Waals surface area contributed by atoms with Gasteiger partial charge in [0.05, 0.1) is 28.2 Å². The summed E-state index contributed by atoms with van der Waals surface area (Å²) in [7, 11) is 8.50. The van der Waals surface area contributed by atoms with E-state index >= 15 is 0 Å². The van der Waals surface area contributed by atoms with E-state index in [9.17, 15) is 0 Å². The Morgan fingerprint density at radius 3 is 0.750 bits per heavy atom. The standard InChI is InChI=1S/C4H12N.2ClH.Fe/c1-5(2,3)4;;;/h1-4H3;2*1H;/q+1;;;+1/p-2. The summed E-state index contributed by atoms with van der Waals surface area (Å²) in [6, 6.07) is 0. The maximum atomic E-state index is 2.12. The van der Waals surface area contributed by atoms with E-state index in [1.165, 1.54) is 0 Å². The van der Waals surface area contributed by atoms with Gasteiger partial charge in [0, 0.05) is 0 Å². The Kier molecular flexibility index (Phi) is 23.2. The van der Waals surface area contributed by atoms with Crippen molar-refractivity contribution in [2.75, 3.05) is 28.2 Å². The first kappa shape index (κ1) is 23.0. The van der Waals surface area contributed by atoms with Gasteiger partial charge in [-0.05, 0) is 0 Å². The Hall–Kier alpha value is 1.06. The maximum Gasteiger partial charge on any atom is 1.00 e. The van der Waals surface area contributed by atoms with Crippen LogP contribution in [0.4, 0.5) is 0 Å².